The Balaban J connectivity index is 1.58. The molecule has 2 aromatic heterocycles. The van der Waals surface area contributed by atoms with Gasteiger partial charge in [0, 0.05) is 13.1 Å². The Bertz CT molecular complexity index is 1410. The first-order chi connectivity index (χ1) is 16.9. The second-order valence-corrected chi connectivity index (χ2v) is 9.23. The van der Waals surface area contributed by atoms with Crippen LogP contribution in [0.15, 0.2) is 58.5 Å². The molecule has 0 saturated heterocycles. The fourth-order valence-electron chi connectivity index (χ4n) is 3.81. The monoisotopic (exact) mass is 491 g/mol. The van der Waals surface area contributed by atoms with Crippen LogP contribution < -0.4 is 15.6 Å². The molecule has 1 N–H and O–H groups in total. The van der Waals surface area contributed by atoms with Gasteiger partial charge in [-0.3, -0.25) is 18.8 Å². The maximum Gasteiger partial charge on any atom is 0.280 e. The summed E-state index contributed by atoms with van der Waals surface area (Å²) >= 11 is 1.25. The van der Waals surface area contributed by atoms with Gasteiger partial charge in [-0.05, 0) is 44.0 Å². The molecule has 9 heteroatoms. The minimum atomic E-state index is -0.155. The molecule has 0 radical (unpaired) electrons. The van der Waals surface area contributed by atoms with Crippen LogP contribution in [0.1, 0.15) is 29.3 Å². The summed E-state index contributed by atoms with van der Waals surface area (Å²) in [6.07, 6.45) is 0. The van der Waals surface area contributed by atoms with Gasteiger partial charge in [0.1, 0.15) is 11.3 Å². The lowest BCUT2D eigenvalue weighted by atomic mass is 10.1. The van der Waals surface area contributed by atoms with Crippen LogP contribution in [0.2, 0.25) is 0 Å². The summed E-state index contributed by atoms with van der Waals surface area (Å²) in [5, 5.41) is 7.91. The summed E-state index contributed by atoms with van der Waals surface area (Å²) in [4.78, 5) is 31.0. The van der Waals surface area contributed by atoms with Crippen LogP contribution in [0.4, 0.5) is 0 Å². The summed E-state index contributed by atoms with van der Waals surface area (Å²) in [6, 6.07) is 15.6. The number of nitrogens with zero attached hydrogens (tertiary/aromatic N) is 4. The van der Waals surface area contributed by atoms with Crippen LogP contribution in [0.3, 0.4) is 0 Å². The van der Waals surface area contributed by atoms with Gasteiger partial charge >= 0.3 is 0 Å². The van der Waals surface area contributed by atoms with Crippen molar-refractivity contribution in [2.24, 2.45) is 0 Å². The van der Waals surface area contributed by atoms with Crippen LogP contribution in [-0.4, -0.2) is 38.1 Å². The Kier molecular flexibility index (Phi) is 7.55. The Hall–Kier alpha value is -3.59. The van der Waals surface area contributed by atoms with Crippen molar-refractivity contribution in [1.29, 1.82) is 0 Å². The summed E-state index contributed by atoms with van der Waals surface area (Å²) in [7, 11) is 1.61. The van der Waals surface area contributed by atoms with Crippen molar-refractivity contribution in [1.82, 2.24) is 24.6 Å². The Morgan fingerprint density at radius 1 is 1.11 bits per heavy atom. The zero-order chi connectivity index (χ0) is 24.9. The molecule has 0 spiro atoms. The predicted octanol–water partition coefficient (Wildman–Crippen LogP) is 3.70. The topological polar surface area (TPSA) is 91.0 Å². The summed E-state index contributed by atoms with van der Waals surface area (Å²) in [5.41, 5.74) is 4.70. The van der Waals surface area contributed by atoms with E-state index in [-0.39, 0.29) is 17.2 Å². The van der Waals surface area contributed by atoms with Crippen LogP contribution >= 0.6 is 11.8 Å². The fourth-order valence-corrected chi connectivity index (χ4v) is 4.63. The van der Waals surface area contributed by atoms with Crippen molar-refractivity contribution in [2.45, 2.75) is 45.6 Å². The number of carbonyl (C=O) groups excluding carboxylic acids is 1. The number of methoxy groups -OCH3 is 1. The third-order valence-corrected chi connectivity index (χ3v) is 6.68. The normalized spacial score (nSPS) is 11.1. The van der Waals surface area contributed by atoms with E-state index in [4.69, 9.17) is 9.72 Å². The molecular weight excluding hydrogens is 462 g/mol. The number of hydrogen-bond acceptors (Lipinski definition) is 6. The molecule has 8 nitrogen and oxygen atoms in total. The number of benzene rings is 2. The number of thioether (sulfide) groups is 1. The number of fused-ring (bicyclic) bond motifs is 1. The van der Waals surface area contributed by atoms with E-state index >= 15 is 0 Å². The first-order valence-corrected chi connectivity index (χ1v) is 12.4. The third-order valence-electron chi connectivity index (χ3n) is 5.70. The Morgan fingerprint density at radius 3 is 2.60 bits per heavy atom. The number of hydrogen-bond donors (Lipinski definition) is 1. The van der Waals surface area contributed by atoms with E-state index in [1.165, 1.54) is 11.8 Å². The number of nitrogens with one attached hydrogen (secondary N) is 1. The molecule has 0 unspecified atom stereocenters. The molecule has 2 aromatic carbocycles. The molecule has 0 aliphatic heterocycles. The van der Waals surface area contributed by atoms with Crippen molar-refractivity contribution in [3.63, 3.8) is 0 Å². The molecule has 0 aliphatic rings. The number of amides is 1. The molecule has 2 heterocycles. The highest BCUT2D eigenvalue weighted by Crippen LogP contribution is 2.21. The SMILES string of the molecule is CCn1nc(C)c2nc(SCC(=O)NCc3cccc(OC)c3)n(Cc3ccc(C)cc3)c(=O)c21. The van der Waals surface area contributed by atoms with E-state index in [1.54, 1.807) is 16.4 Å². The average molecular weight is 492 g/mol. The second-order valence-electron chi connectivity index (χ2n) is 8.29. The Morgan fingerprint density at radius 2 is 1.89 bits per heavy atom. The van der Waals surface area contributed by atoms with Gasteiger partial charge in [0.2, 0.25) is 5.91 Å². The number of aryl methyl sites for hydroxylation is 3. The van der Waals surface area contributed by atoms with Crippen LogP contribution in [0.25, 0.3) is 11.0 Å². The number of carbonyl (C=O) groups is 1. The molecule has 0 aliphatic carbocycles. The van der Waals surface area contributed by atoms with Crippen LogP contribution in [0, 0.1) is 13.8 Å². The van der Waals surface area contributed by atoms with Gasteiger partial charge < -0.3 is 10.1 Å². The first-order valence-electron chi connectivity index (χ1n) is 11.5. The predicted molar refractivity (Wildman–Crippen MR) is 138 cm³/mol. The maximum atomic E-state index is 13.6. The highest BCUT2D eigenvalue weighted by Gasteiger charge is 2.19. The van der Waals surface area contributed by atoms with Gasteiger partial charge in [0.15, 0.2) is 10.7 Å². The number of rotatable bonds is 9. The fraction of sp³-hybridized carbons (Fsp3) is 0.308. The highest BCUT2D eigenvalue weighted by atomic mass is 32.2. The van der Waals surface area contributed by atoms with E-state index < -0.39 is 0 Å². The van der Waals surface area contributed by atoms with Gasteiger partial charge in [-0.25, -0.2) is 4.98 Å². The smallest absolute Gasteiger partial charge is 0.280 e. The molecule has 0 bridgehead atoms. The molecule has 0 saturated carbocycles. The lowest BCUT2D eigenvalue weighted by molar-refractivity contribution is -0.118. The van der Waals surface area contributed by atoms with Crippen LogP contribution in [0.5, 0.6) is 5.75 Å². The lowest BCUT2D eigenvalue weighted by Crippen LogP contribution is -2.28. The molecule has 4 rings (SSSR count). The zero-order valence-electron chi connectivity index (χ0n) is 20.4. The third kappa shape index (κ3) is 5.57. The largest absolute Gasteiger partial charge is 0.497 e. The molecule has 0 fully saturated rings. The zero-order valence-corrected chi connectivity index (χ0v) is 21.2. The van der Waals surface area contributed by atoms with Gasteiger partial charge in [0.25, 0.3) is 5.56 Å². The molecule has 1 amide bonds. The van der Waals surface area contributed by atoms with Crippen molar-refractivity contribution >= 4 is 28.7 Å². The number of aromatic nitrogens is 4. The highest BCUT2D eigenvalue weighted by molar-refractivity contribution is 7.99. The average Bonchev–Trinajstić information content (AvgIpc) is 3.20. The standard InChI is InChI=1S/C26H29N5O3S/c1-5-31-24-23(18(3)29-31)28-26(30(25(24)33)15-19-11-9-17(2)10-12-19)35-16-22(32)27-14-20-7-6-8-21(13-20)34-4/h6-13H,5,14-16H2,1-4H3,(H,27,32). The maximum absolute atomic E-state index is 13.6. The van der Waals surface area contributed by atoms with Gasteiger partial charge in [-0.15, -0.1) is 0 Å². The lowest BCUT2D eigenvalue weighted by Gasteiger charge is -2.13. The summed E-state index contributed by atoms with van der Waals surface area (Å²) in [5.74, 6) is 0.735. The summed E-state index contributed by atoms with van der Waals surface area (Å²) < 4.78 is 8.57. The van der Waals surface area contributed by atoms with Crippen molar-refractivity contribution < 1.29 is 9.53 Å². The van der Waals surface area contributed by atoms with E-state index in [0.717, 1.165) is 22.4 Å². The molecule has 35 heavy (non-hydrogen) atoms. The molecular formula is C26H29N5O3S. The van der Waals surface area contributed by atoms with E-state index in [0.29, 0.717) is 41.5 Å². The minimum Gasteiger partial charge on any atom is -0.497 e. The van der Waals surface area contributed by atoms with E-state index in [2.05, 4.69) is 10.4 Å². The van der Waals surface area contributed by atoms with Crippen molar-refractivity contribution in [3.05, 3.63) is 81.3 Å². The Labute approximate surface area is 208 Å². The van der Waals surface area contributed by atoms with Crippen molar-refractivity contribution in [2.75, 3.05) is 12.9 Å². The van der Waals surface area contributed by atoms with Crippen molar-refractivity contribution in [3.8, 4) is 5.75 Å². The minimum absolute atomic E-state index is 0.136. The first kappa shape index (κ1) is 24.5. The quantitative estimate of drug-likeness (QED) is 0.284. The number of ether oxygens (including phenoxy) is 1. The second kappa shape index (κ2) is 10.8. The van der Waals surface area contributed by atoms with Gasteiger partial charge in [-0.1, -0.05) is 53.7 Å². The van der Waals surface area contributed by atoms with Crippen LogP contribution in [-0.2, 0) is 24.4 Å². The molecule has 4 aromatic rings. The van der Waals surface area contributed by atoms with E-state index in [1.807, 2.05) is 69.3 Å². The van der Waals surface area contributed by atoms with Gasteiger partial charge in [-0.2, -0.15) is 5.10 Å². The summed E-state index contributed by atoms with van der Waals surface area (Å²) in [6.45, 7) is 7.15. The molecule has 182 valence electrons. The molecule has 0 atom stereocenters. The van der Waals surface area contributed by atoms with Gasteiger partial charge in [0.05, 0.1) is 25.1 Å². The van der Waals surface area contributed by atoms with E-state index in [9.17, 15) is 9.59 Å².